The van der Waals surface area contributed by atoms with Gasteiger partial charge >= 0.3 is 0 Å². The SMILES string of the molecule is CC(C)NS(=O)(=O)c1ccc(Cl)c(C(=O)NCc2cccc(Cl)c2)c1. The van der Waals surface area contributed by atoms with Crippen LogP contribution in [0.25, 0.3) is 0 Å². The lowest BCUT2D eigenvalue weighted by atomic mass is 10.2. The first-order chi connectivity index (χ1) is 11.7. The predicted molar refractivity (Wildman–Crippen MR) is 99.5 cm³/mol. The molecule has 1 amide bonds. The van der Waals surface area contributed by atoms with Crippen LogP contribution < -0.4 is 10.0 Å². The molecule has 0 heterocycles. The van der Waals surface area contributed by atoms with Gasteiger partial charge in [0.05, 0.1) is 15.5 Å². The van der Waals surface area contributed by atoms with Crippen molar-refractivity contribution >= 4 is 39.1 Å². The number of halogens is 2. The summed E-state index contributed by atoms with van der Waals surface area (Å²) in [5.74, 6) is -0.466. The number of sulfonamides is 1. The standard InChI is InChI=1S/C17H18Cl2N2O3S/c1-11(2)21-25(23,24)14-6-7-16(19)15(9-14)17(22)20-10-12-4-3-5-13(18)8-12/h3-9,11,21H,10H2,1-2H3,(H,20,22). The molecule has 0 aliphatic heterocycles. The number of carbonyl (C=O) groups excluding carboxylic acids is 1. The van der Waals surface area contributed by atoms with E-state index in [1.54, 1.807) is 32.0 Å². The van der Waals surface area contributed by atoms with Crippen molar-refractivity contribution in [2.75, 3.05) is 0 Å². The number of nitrogens with one attached hydrogen (secondary N) is 2. The van der Waals surface area contributed by atoms with Crippen molar-refractivity contribution in [3.05, 3.63) is 63.6 Å². The van der Waals surface area contributed by atoms with Gasteiger partial charge in [0.25, 0.3) is 5.91 Å². The second-order valence-electron chi connectivity index (χ2n) is 5.73. The van der Waals surface area contributed by atoms with E-state index in [9.17, 15) is 13.2 Å². The highest BCUT2D eigenvalue weighted by Crippen LogP contribution is 2.21. The third kappa shape index (κ3) is 5.44. The first-order valence-electron chi connectivity index (χ1n) is 7.53. The number of carbonyl (C=O) groups is 1. The molecule has 0 aliphatic rings. The summed E-state index contributed by atoms with van der Waals surface area (Å²) in [4.78, 5) is 12.4. The van der Waals surface area contributed by atoms with Crippen LogP contribution in [0, 0.1) is 0 Å². The molecule has 25 heavy (non-hydrogen) atoms. The van der Waals surface area contributed by atoms with Gasteiger partial charge in [0.1, 0.15) is 0 Å². The molecule has 5 nitrogen and oxygen atoms in total. The van der Waals surface area contributed by atoms with E-state index in [1.807, 2.05) is 6.07 Å². The van der Waals surface area contributed by atoms with Crippen LogP contribution in [0.3, 0.4) is 0 Å². The predicted octanol–water partition coefficient (Wildman–Crippen LogP) is 3.61. The topological polar surface area (TPSA) is 75.3 Å². The molecule has 0 saturated carbocycles. The van der Waals surface area contributed by atoms with E-state index in [0.29, 0.717) is 5.02 Å². The molecule has 2 N–H and O–H groups in total. The van der Waals surface area contributed by atoms with Crippen LogP contribution in [0.15, 0.2) is 47.4 Å². The van der Waals surface area contributed by atoms with Crippen molar-refractivity contribution in [1.82, 2.24) is 10.0 Å². The van der Waals surface area contributed by atoms with Crippen molar-refractivity contribution in [3.8, 4) is 0 Å². The molecule has 0 aliphatic carbocycles. The average molecular weight is 401 g/mol. The number of benzene rings is 2. The van der Waals surface area contributed by atoms with Gasteiger partial charge in [-0.05, 0) is 49.7 Å². The third-order valence-electron chi connectivity index (χ3n) is 3.23. The first-order valence-corrected chi connectivity index (χ1v) is 9.77. The molecule has 134 valence electrons. The smallest absolute Gasteiger partial charge is 0.253 e. The molecule has 0 unspecified atom stereocenters. The molecule has 0 saturated heterocycles. The molecule has 2 aromatic rings. The lowest BCUT2D eigenvalue weighted by Crippen LogP contribution is -2.30. The van der Waals surface area contributed by atoms with Gasteiger partial charge in [-0.1, -0.05) is 35.3 Å². The monoisotopic (exact) mass is 400 g/mol. The Morgan fingerprint density at radius 1 is 1.12 bits per heavy atom. The van der Waals surface area contributed by atoms with Gasteiger partial charge in [0.2, 0.25) is 10.0 Å². The Morgan fingerprint density at radius 3 is 2.48 bits per heavy atom. The van der Waals surface area contributed by atoms with E-state index in [1.165, 1.54) is 18.2 Å². The zero-order chi connectivity index (χ0) is 18.6. The van der Waals surface area contributed by atoms with Gasteiger partial charge in [-0.15, -0.1) is 0 Å². The largest absolute Gasteiger partial charge is 0.348 e. The molecule has 0 bridgehead atoms. The Labute approximate surface area is 157 Å². The van der Waals surface area contributed by atoms with Crippen molar-refractivity contribution < 1.29 is 13.2 Å². The minimum atomic E-state index is -3.71. The van der Waals surface area contributed by atoms with Crippen LogP contribution in [0.4, 0.5) is 0 Å². The molecular weight excluding hydrogens is 383 g/mol. The van der Waals surface area contributed by atoms with E-state index >= 15 is 0 Å². The van der Waals surface area contributed by atoms with E-state index < -0.39 is 15.9 Å². The van der Waals surface area contributed by atoms with E-state index in [4.69, 9.17) is 23.2 Å². The maximum absolute atomic E-state index is 12.4. The second-order valence-corrected chi connectivity index (χ2v) is 8.29. The zero-order valence-electron chi connectivity index (χ0n) is 13.7. The molecule has 0 spiro atoms. The van der Waals surface area contributed by atoms with E-state index in [2.05, 4.69) is 10.0 Å². The summed E-state index contributed by atoms with van der Waals surface area (Å²) >= 11 is 12.0. The Balaban J connectivity index is 2.20. The molecule has 0 atom stereocenters. The van der Waals surface area contributed by atoms with Crippen LogP contribution >= 0.6 is 23.2 Å². The zero-order valence-corrected chi connectivity index (χ0v) is 16.0. The first kappa shape index (κ1) is 19.7. The summed E-state index contributed by atoms with van der Waals surface area (Å²) in [7, 11) is -3.71. The second kappa shape index (κ2) is 8.19. The van der Waals surface area contributed by atoms with Crippen molar-refractivity contribution in [1.29, 1.82) is 0 Å². The van der Waals surface area contributed by atoms with Crippen LogP contribution in [0.5, 0.6) is 0 Å². The van der Waals surface area contributed by atoms with Gasteiger partial charge in [0, 0.05) is 17.6 Å². The van der Waals surface area contributed by atoms with Crippen molar-refractivity contribution in [2.45, 2.75) is 31.3 Å². The maximum atomic E-state index is 12.4. The quantitative estimate of drug-likeness (QED) is 0.777. The summed E-state index contributed by atoms with van der Waals surface area (Å²) in [6.45, 7) is 3.68. The van der Waals surface area contributed by atoms with Crippen LogP contribution in [-0.2, 0) is 16.6 Å². The fraction of sp³-hybridized carbons (Fsp3) is 0.235. The number of rotatable bonds is 6. The molecule has 0 aromatic heterocycles. The molecule has 0 radical (unpaired) electrons. The van der Waals surface area contributed by atoms with Gasteiger partial charge in [-0.25, -0.2) is 13.1 Å². The Morgan fingerprint density at radius 2 is 1.84 bits per heavy atom. The van der Waals surface area contributed by atoms with E-state index in [-0.39, 0.29) is 28.1 Å². The van der Waals surface area contributed by atoms with Gasteiger partial charge in [-0.3, -0.25) is 4.79 Å². The molecular formula is C17H18Cl2N2O3S. The molecule has 0 fully saturated rings. The summed E-state index contributed by atoms with van der Waals surface area (Å²) in [6.07, 6.45) is 0. The van der Waals surface area contributed by atoms with Crippen molar-refractivity contribution in [3.63, 3.8) is 0 Å². The van der Waals surface area contributed by atoms with Crippen molar-refractivity contribution in [2.24, 2.45) is 0 Å². The molecule has 2 rings (SSSR count). The van der Waals surface area contributed by atoms with Crippen LogP contribution in [0.2, 0.25) is 10.0 Å². The van der Waals surface area contributed by atoms with Gasteiger partial charge < -0.3 is 5.32 Å². The fourth-order valence-electron chi connectivity index (χ4n) is 2.15. The Bertz CT molecular complexity index is 883. The molecule has 2 aromatic carbocycles. The van der Waals surface area contributed by atoms with E-state index in [0.717, 1.165) is 5.56 Å². The Kier molecular flexibility index (Phi) is 6.46. The van der Waals surface area contributed by atoms with Gasteiger partial charge in [-0.2, -0.15) is 0 Å². The lowest BCUT2D eigenvalue weighted by molar-refractivity contribution is 0.0951. The number of hydrogen-bond donors (Lipinski definition) is 2. The lowest BCUT2D eigenvalue weighted by Gasteiger charge is -2.12. The average Bonchev–Trinajstić information content (AvgIpc) is 2.51. The highest BCUT2D eigenvalue weighted by molar-refractivity contribution is 7.89. The minimum absolute atomic E-state index is 0.0153. The summed E-state index contributed by atoms with van der Waals surface area (Å²) in [5, 5.41) is 3.45. The third-order valence-corrected chi connectivity index (χ3v) is 5.45. The number of hydrogen-bond acceptors (Lipinski definition) is 3. The normalized spacial score (nSPS) is 11.6. The maximum Gasteiger partial charge on any atom is 0.253 e. The molecule has 8 heteroatoms. The fourth-order valence-corrected chi connectivity index (χ4v) is 3.84. The highest BCUT2D eigenvalue weighted by atomic mass is 35.5. The number of amides is 1. The summed E-state index contributed by atoms with van der Waals surface area (Å²) in [5.41, 5.74) is 0.914. The van der Waals surface area contributed by atoms with Crippen LogP contribution in [-0.4, -0.2) is 20.4 Å². The minimum Gasteiger partial charge on any atom is -0.348 e. The summed E-state index contributed by atoms with van der Waals surface area (Å²) < 4.78 is 27.0. The highest BCUT2D eigenvalue weighted by Gasteiger charge is 2.19. The van der Waals surface area contributed by atoms with Crippen LogP contribution in [0.1, 0.15) is 29.8 Å². The van der Waals surface area contributed by atoms with Gasteiger partial charge in [0.15, 0.2) is 0 Å². The summed E-state index contributed by atoms with van der Waals surface area (Å²) in [6, 6.07) is 10.8. The Hall–Kier alpha value is -1.60.